The molecule has 2 aliphatic heterocycles. The summed E-state index contributed by atoms with van der Waals surface area (Å²) in [4.78, 5) is 50.7. The molecule has 0 bridgehead atoms. The van der Waals surface area contributed by atoms with E-state index >= 15 is 0 Å². The number of amides is 2. The predicted molar refractivity (Wildman–Crippen MR) is 215 cm³/mol. The van der Waals surface area contributed by atoms with Crippen molar-refractivity contribution in [3.05, 3.63) is 82.8 Å². The molecule has 0 fully saturated rings. The Morgan fingerprint density at radius 1 is 0.696 bits per heavy atom. The second-order valence-electron chi connectivity index (χ2n) is 13.4. The van der Waals surface area contributed by atoms with E-state index in [1.165, 1.54) is 0 Å². The first-order valence-corrected chi connectivity index (χ1v) is 19.7. The fourth-order valence-corrected chi connectivity index (χ4v) is 7.80. The first kappa shape index (κ1) is 40.7. The summed E-state index contributed by atoms with van der Waals surface area (Å²) >= 11 is 14.2. The van der Waals surface area contributed by atoms with Crippen LogP contribution in [0.15, 0.2) is 72.8 Å². The van der Waals surface area contributed by atoms with Crippen LogP contribution in [0.5, 0.6) is 11.5 Å². The zero-order valence-electron chi connectivity index (χ0n) is 30.2. The van der Waals surface area contributed by atoms with Gasteiger partial charge in [-0.05, 0) is 47.5 Å². The van der Waals surface area contributed by atoms with E-state index in [1.54, 1.807) is 21.9 Å². The summed E-state index contributed by atoms with van der Waals surface area (Å²) in [6, 6.07) is 22.2. The Hall–Kier alpha value is -5.00. The van der Waals surface area contributed by atoms with Crippen LogP contribution in [0.1, 0.15) is 0 Å². The third kappa shape index (κ3) is 8.84. The van der Waals surface area contributed by atoms with Crippen LogP contribution < -0.4 is 29.9 Å². The summed E-state index contributed by atoms with van der Waals surface area (Å²) in [5.74, 6) is -2.06. The molecule has 1 unspecified atom stereocenters. The SMILES string of the molecule is O=C(O)[C@@H](O)C([SiH3])CNCCN1C(=O)COc2cc(-c3cccc(-c4cccc(-c5ccc6c(c5)OCC(=O)N6CCNC[C@H](O)C(=O)O)c4Cl)c3Cl)ccc21. The number of nitrogens with zero attached hydrogens (tertiary/aromatic N) is 2. The molecule has 0 spiro atoms. The lowest BCUT2D eigenvalue weighted by molar-refractivity contribution is -0.147. The highest BCUT2D eigenvalue weighted by Crippen LogP contribution is 2.45. The summed E-state index contributed by atoms with van der Waals surface area (Å²) in [5, 5.41) is 44.1. The van der Waals surface area contributed by atoms with E-state index in [-0.39, 0.29) is 50.2 Å². The Labute approximate surface area is 335 Å². The Bertz CT molecular complexity index is 2160. The minimum Gasteiger partial charge on any atom is -0.482 e. The van der Waals surface area contributed by atoms with E-state index in [0.717, 1.165) is 16.7 Å². The fourth-order valence-electron chi connectivity index (χ4n) is 6.55. The van der Waals surface area contributed by atoms with Crippen molar-refractivity contribution in [2.24, 2.45) is 0 Å². The average molecular weight is 824 g/mol. The van der Waals surface area contributed by atoms with E-state index in [9.17, 15) is 29.4 Å². The van der Waals surface area contributed by atoms with Gasteiger partial charge in [-0.2, -0.15) is 0 Å². The molecular weight excluding hydrogens is 783 g/mol. The number of carbonyl (C=O) groups is 4. The number of rotatable bonds is 16. The van der Waals surface area contributed by atoms with Crippen LogP contribution >= 0.6 is 23.2 Å². The molecule has 0 saturated heterocycles. The van der Waals surface area contributed by atoms with E-state index in [1.807, 2.05) is 60.7 Å². The number of aliphatic carboxylic acids is 2. The van der Waals surface area contributed by atoms with Crippen molar-refractivity contribution < 1.29 is 49.1 Å². The van der Waals surface area contributed by atoms with Gasteiger partial charge in [0.2, 0.25) is 0 Å². The number of fused-ring (bicyclic) bond motifs is 2. The van der Waals surface area contributed by atoms with E-state index in [0.29, 0.717) is 79.5 Å². The fraction of sp³-hybridized carbons (Fsp3) is 0.282. The standard InChI is InChI=1S/C39H40Cl2N4O10Si/c40-35-23(21-7-9-27-30(15-21)54-19-33(47)44(27)13-11-42-17-29(46)38(50)51)3-1-5-25(35)26-6-2-4-24(36(26)41)22-8-10-28-31(16-22)55-20-34(48)45(28)14-12-43-18-32(56)37(49)39(52)53/h1-10,15-16,29,32,37,42-43,46,49H,11-14,17-20H2,56H3,(H,50,51)(H,52,53)/t29-,32?,37-/m0/s1. The lowest BCUT2D eigenvalue weighted by atomic mass is 9.95. The van der Waals surface area contributed by atoms with Crippen LogP contribution in [0.25, 0.3) is 33.4 Å². The number of anilines is 2. The molecule has 294 valence electrons. The number of hydrogen-bond donors (Lipinski definition) is 6. The summed E-state index contributed by atoms with van der Waals surface area (Å²) in [6.07, 6.45) is -2.97. The zero-order chi connectivity index (χ0) is 40.1. The van der Waals surface area contributed by atoms with Gasteiger partial charge in [0.05, 0.1) is 21.4 Å². The molecule has 4 aromatic rings. The van der Waals surface area contributed by atoms with Gasteiger partial charge in [0, 0.05) is 65.2 Å². The number of carbonyl (C=O) groups excluding carboxylic acids is 2. The molecule has 0 saturated carbocycles. The third-order valence-corrected chi connectivity index (χ3v) is 11.5. The molecule has 2 amide bonds. The van der Waals surface area contributed by atoms with Crippen LogP contribution in [0, 0.1) is 0 Å². The van der Waals surface area contributed by atoms with Crippen LogP contribution in [-0.4, -0.2) is 119 Å². The summed E-state index contributed by atoms with van der Waals surface area (Å²) in [6.45, 7) is 1.05. The molecule has 0 aliphatic carbocycles. The van der Waals surface area contributed by atoms with Gasteiger partial charge in [-0.15, -0.1) is 0 Å². The first-order valence-electron chi connectivity index (χ1n) is 17.8. The molecule has 3 atom stereocenters. The smallest absolute Gasteiger partial charge is 0.333 e. The third-order valence-electron chi connectivity index (χ3n) is 9.62. The molecule has 56 heavy (non-hydrogen) atoms. The highest BCUT2D eigenvalue weighted by molar-refractivity contribution is 6.39. The van der Waals surface area contributed by atoms with Crippen LogP contribution in [-0.2, 0) is 19.2 Å². The number of ether oxygens (including phenoxy) is 2. The van der Waals surface area contributed by atoms with Gasteiger partial charge in [-0.25, -0.2) is 9.59 Å². The molecule has 6 N–H and O–H groups in total. The molecule has 17 heteroatoms. The van der Waals surface area contributed by atoms with E-state index in [4.69, 9.17) is 42.9 Å². The number of carboxylic acid groups (broad SMARTS) is 2. The van der Waals surface area contributed by atoms with Gasteiger partial charge in [-0.1, -0.05) is 71.7 Å². The molecular formula is C39H40Cl2N4O10Si. The lowest BCUT2D eigenvalue weighted by Crippen LogP contribution is -2.44. The highest BCUT2D eigenvalue weighted by atomic mass is 35.5. The maximum atomic E-state index is 12.8. The minimum absolute atomic E-state index is 0.146. The molecule has 2 heterocycles. The summed E-state index contributed by atoms with van der Waals surface area (Å²) < 4.78 is 11.6. The average Bonchev–Trinajstić information content (AvgIpc) is 3.18. The zero-order valence-corrected chi connectivity index (χ0v) is 33.7. The number of aliphatic hydroxyl groups is 2. The number of benzene rings is 4. The Morgan fingerprint density at radius 2 is 1.14 bits per heavy atom. The normalized spacial score (nSPS) is 15.4. The molecule has 2 aliphatic rings. The van der Waals surface area contributed by atoms with Crippen molar-refractivity contribution in [3.8, 4) is 44.9 Å². The number of aliphatic hydroxyl groups excluding tert-OH is 2. The van der Waals surface area contributed by atoms with Gasteiger partial charge in [0.15, 0.2) is 25.4 Å². The van der Waals surface area contributed by atoms with E-state index in [2.05, 4.69) is 10.6 Å². The van der Waals surface area contributed by atoms with Gasteiger partial charge >= 0.3 is 11.9 Å². The largest absolute Gasteiger partial charge is 0.482 e. The number of carboxylic acids is 2. The van der Waals surface area contributed by atoms with Crippen LogP contribution in [0.3, 0.4) is 0 Å². The van der Waals surface area contributed by atoms with Crippen molar-refractivity contribution in [2.75, 3.05) is 62.3 Å². The van der Waals surface area contributed by atoms with Crippen LogP contribution in [0.4, 0.5) is 11.4 Å². The monoisotopic (exact) mass is 822 g/mol. The summed E-state index contributed by atoms with van der Waals surface area (Å²) in [7, 11) is 0.489. The molecule has 0 radical (unpaired) electrons. The first-order chi connectivity index (χ1) is 26.8. The molecule has 4 aromatic carbocycles. The number of halogens is 2. The van der Waals surface area contributed by atoms with Crippen molar-refractivity contribution in [1.29, 1.82) is 0 Å². The molecule has 6 rings (SSSR count). The Morgan fingerprint density at radius 3 is 1.59 bits per heavy atom. The maximum absolute atomic E-state index is 12.8. The van der Waals surface area contributed by atoms with E-state index < -0.39 is 24.1 Å². The highest BCUT2D eigenvalue weighted by Gasteiger charge is 2.28. The summed E-state index contributed by atoms with van der Waals surface area (Å²) in [5.41, 5.74) is 5.08. The maximum Gasteiger partial charge on any atom is 0.333 e. The predicted octanol–water partition coefficient (Wildman–Crippen LogP) is 2.67. The Balaban J connectivity index is 1.20. The quantitative estimate of drug-likeness (QED) is 0.0715. The second-order valence-corrected chi connectivity index (χ2v) is 15.6. The van der Waals surface area contributed by atoms with Crippen molar-refractivity contribution in [1.82, 2.24) is 10.6 Å². The molecule has 14 nitrogen and oxygen atoms in total. The van der Waals surface area contributed by atoms with Crippen molar-refractivity contribution in [3.63, 3.8) is 0 Å². The Kier molecular flexibility index (Phi) is 13.0. The minimum atomic E-state index is -1.55. The van der Waals surface area contributed by atoms with Crippen molar-refractivity contribution in [2.45, 2.75) is 17.7 Å². The lowest BCUT2D eigenvalue weighted by Gasteiger charge is -2.30. The van der Waals surface area contributed by atoms with Gasteiger partial charge in [-0.3, -0.25) is 9.59 Å². The second kappa shape index (κ2) is 17.9. The van der Waals surface area contributed by atoms with Crippen molar-refractivity contribution >= 4 is 68.6 Å². The van der Waals surface area contributed by atoms with Gasteiger partial charge < -0.3 is 50.3 Å². The number of nitrogens with one attached hydrogen (secondary N) is 2. The van der Waals surface area contributed by atoms with Gasteiger partial charge in [0.25, 0.3) is 11.8 Å². The molecule has 0 aromatic heterocycles. The number of hydrogen-bond acceptors (Lipinski definition) is 10. The van der Waals surface area contributed by atoms with Gasteiger partial charge in [0.1, 0.15) is 11.5 Å². The van der Waals surface area contributed by atoms with Crippen LogP contribution in [0.2, 0.25) is 15.6 Å². The topological polar surface area (TPSA) is 198 Å².